The molecule has 6 rings (SSSR count). The SMILES string of the molecule is C[C@@H]1CN(c2nnc3cnc4ccc(-c5cc(F)c(N6CCC(N(C)C)CC6)c(C(F)(F)F)c5)nc4n23)C[C@H](C)N1C. The Morgan fingerprint density at radius 2 is 1.64 bits per heavy atom. The molecule has 42 heavy (non-hydrogen) atoms. The van der Waals surface area contributed by atoms with Gasteiger partial charge in [0.2, 0.25) is 5.95 Å². The summed E-state index contributed by atoms with van der Waals surface area (Å²) in [6, 6.07) is 6.22. The number of nitrogens with zero attached hydrogens (tertiary/aromatic N) is 9. The van der Waals surface area contributed by atoms with E-state index >= 15 is 4.39 Å². The zero-order valence-electron chi connectivity index (χ0n) is 24.4. The van der Waals surface area contributed by atoms with Crippen molar-refractivity contribution >= 4 is 28.4 Å². The van der Waals surface area contributed by atoms with Crippen LogP contribution in [0.2, 0.25) is 0 Å². The van der Waals surface area contributed by atoms with Crippen LogP contribution in [-0.4, -0.2) is 99.8 Å². The summed E-state index contributed by atoms with van der Waals surface area (Å²) in [5, 5.41) is 8.72. The van der Waals surface area contributed by atoms with E-state index in [9.17, 15) is 13.2 Å². The number of likely N-dealkylation sites (N-methyl/N-ethyl adjacent to an activating group) is 1. The molecule has 2 saturated heterocycles. The molecule has 2 aliphatic rings. The zero-order chi connectivity index (χ0) is 29.9. The number of alkyl halides is 3. The molecule has 0 N–H and O–H groups in total. The van der Waals surface area contributed by atoms with Crippen LogP contribution in [0.1, 0.15) is 32.3 Å². The first-order valence-electron chi connectivity index (χ1n) is 14.2. The maximum absolute atomic E-state index is 15.7. The third-order valence-corrected chi connectivity index (χ3v) is 8.87. The van der Waals surface area contributed by atoms with Crippen molar-refractivity contribution in [3.63, 3.8) is 0 Å². The standard InChI is InChI=1S/C29H35F4N9/c1-17-15-41(16-18(2)39(17)5)28-37-36-25-14-34-24-7-6-23(35-27(24)42(25)28)19-12-21(29(31,32)33)26(22(30)13-19)40-10-8-20(9-11-40)38(3)4/h6-7,12-14,17-18,20H,8-11,15-16H2,1-5H3/t17-,18+. The van der Waals surface area contributed by atoms with Gasteiger partial charge in [-0.15, -0.1) is 10.2 Å². The van der Waals surface area contributed by atoms with Gasteiger partial charge in [0.05, 0.1) is 23.1 Å². The summed E-state index contributed by atoms with van der Waals surface area (Å²) >= 11 is 0. The number of halogens is 4. The van der Waals surface area contributed by atoms with E-state index in [1.807, 2.05) is 14.1 Å². The highest BCUT2D eigenvalue weighted by Gasteiger charge is 2.38. The van der Waals surface area contributed by atoms with Gasteiger partial charge >= 0.3 is 6.18 Å². The Bertz CT molecular complexity index is 1600. The summed E-state index contributed by atoms with van der Waals surface area (Å²) in [6.45, 7) is 6.42. The zero-order valence-corrected chi connectivity index (χ0v) is 24.4. The smallest absolute Gasteiger partial charge is 0.369 e. The molecule has 0 spiro atoms. The molecule has 3 aromatic heterocycles. The van der Waals surface area contributed by atoms with Crippen molar-refractivity contribution in [2.75, 3.05) is 57.1 Å². The van der Waals surface area contributed by atoms with Gasteiger partial charge < -0.3 is 14.7 Å². The molecule has 0 saturated carbocycles. The molecule has 4 aromatic rings. The molecular weight excluding hydrogens is 550 g/mol. The Labute approximate surface area is 241 Å². The summed E-state index contributed by atoms with van der Waals surface area (Å²) in [5.74, 6) is -0.320. The average Bonchev–Trinajstić information content (AvgIpc) is 3.39. The second-order valence-corrected chi connectivity index (χ2v) is 11.8. The lowest BCUT2D eigenvalue weighted by atomic mass is 9.99. The van der Waals surface area contributed by atoms with Gasteiger partial charge in [-0.3, -0.25) is 4.90 Å². The van der Waals surface area contributed by atoms with Crippen molar-refractivity contribution < 1.29 is 17.6 Å². The van der Waals surface area contributed by atoms with E-state index in [-0.39, 0.29) is 29.4 Å². The van der Waals surface area contributed by atoms with E-state index in [1.54, 1.807) is 22.7 Å². The van der Waals surface area contributed by atoms with Crippen LogP contribution in [0.3, 0.4) is 0 Å². The van der Waals surface area contributed by atoms with Crippen LogP contribution in [0.15, 0.2) is 30.5 Å². The molecule has 13 heteroatoms. The van der Waals surface area contributed by atoms with Gasteiger partial charge in [0.25, 0.3) is 0 Å². The van der Waals surface area contributed by atoms with Gasteiger partial charge in [0, 0.05) is 49.9 Å². The number of hydrogen-bond donors (Lipinski definition) is 0. The van der Waals surface area contributed by atoms with Gasteiger partial charge in [0.15, 0.2) is 11.3 Å². The number of piperazine rings is 1. The molecule has 2 fully saturated rings. The molecule has 9 nitrogen and oxygen atoms in total. The fourth-order valence-electron chi connectivity index (χ4n) is 6.23. The third-order valence-electron chi connectivity index (χ3n) is 8.87. The second kappa shape index (κ2) is 10.6. The van der Waals surface area contributed by atoms with Gasteiger partial charge in [-0.1, -0.05) is 0 Å². The average molecular weight is 586 g/mol. The number of pyridine rings is 1. The topological polar surface area (TPSA) is 68.9 Å². The van der Waals surface area contributed by atoms with E-state index in [1.165, 1.54) is 4.90 Å². The van der Waals surface area contributed by atoms with Crippen LogP contribution in [0, 0.1) is 5.82 Å². The fourth-order valence-corrected chi connectivity index (χ4v) is 6.23. The number of hydrogen-bond acceptors (Lipinski definition) is 8. The molecule has 1 aromatic carbocycles. The number of fused-ring (bicyclic) bond motifs is 3. The summed E-state index contributed by atoms with van der Waals surface area (Å²) in [6.07, 6.45) is -1.83. The first-order chi connectivity index (χ1) is 19.9. The van der Waals surface area contributed by atoms with Gasteiger partial charge in [-0.25, -0.2) is 18.8 Å². The van der Waals surface area contributed by atoms with Gasteiger partial charge in [0.1, 0.15) is 11.3 Å². The monoisotopic (exact) mass is 585 g/mol. The van der Waals surface area contributed by atoms with Crippen LogP contribution >= 0.6 is 0 Å². The molecule has 0 aliphatic carbocycles. The quantitative estimate of drug-likeness (QED) is 0.323. The number of aromatic nitrogens is 5. The Hall–Kier alpha value is -3.58. The molecule has 224 valence electrons. The summed E-state index contributed by atoms with van der Waals surface area (Å²) in [4.78, 5) is 17.2. The van der Waals surface area contributed by atoms with E-state index < -0.39 is 23.2 Å². The summed E-state index contributed by atoms with van der Waals surface area (Å²) in [5.41, 5.74) is 0.255. The van der Waals surface area contributed by atoms with Crippen molar-refractivity contribution in [2.24, 2.45) is 0 Å². The van der Waals surface area contributed by atoms with Crippen molar-refractivity contribution in [3.8, 4) is 11.3 Å². The molecule has 2 aliphatic heterocycles. The van der Waals surface area contributed by atoms with Crippen molar-refractivity contribution in [1.29, 1.82) is 0 Å². The highest BCUT2D eigenvalue weighted by molar-refractivity contribution is 5.79. The molecule has 0 radical (unpaired) electrons. The Morgan fingerprint density at radius 1 is 0.952 bits per heavy atom. The third kappa shape index (κ3) is 5.02. The Morgan fingerprint density at radius 3 is 2.29 bits per heavy atom. The highest BCUT2D eigenvalue weighted by atomic mass is 19.4. The molecule has 2 atom stereocenters. The van der Waals surface area contributed by atoms with E-state index in [4.69, 9.17) is 4.98 Å². The van der Waals surface area contributed by atoms with Crippen LogP contribution < -0.4 is 9.80 Å². The van der Waals surface area contributed by atoms with Crippen molar-refractivity contribution in [3.05, 3.63) is 41.8 Å². The van der Waals surface area contributed by atoms with Gasteiger partial charge in [-0.05, 0) is 72.1 Å². The number of rotatable bonds is 4. The number of piperidine rings is 1. The van der Waals surface area contributed by atoms with Crippen LogP contribution in [-0.2, 0) is 6.18 Å². The number of benzene rings is 1. The Kier molecular flexibility index (Phi) is 7.20. The number of anilines is 2. The molecule has 5 heterocycles. The van der Waals surface area contributed by atoms with Crippen LogP contribution in [0.5, 0.6) is 0 Å². The van der Waals surface area contributed by atoms with Crippen LogP contribution in [0.4, 0.5) is 29.2 Å². The molecule has 0 amide bonds. The molecular formula is C29H35F4N9. The fraction of sp³-hybridized carbons (Fsp3) is 0.517. The maximum Gasteiger partial charge on any atom is 0.418 e. The van der Waals surface area contributed by atoms with Crippen LogP contribution in [0.25, 0.3) is 28.1 Å². The lowest BCUT2D eigenvalue weighted by molar-refractivity contribution is -0.137. The van der Waals surface area contributed by atoms with Crippen molar-refractivity contribution in [2.45, 2.75) is 51.0 Å². The first kappa shape index (κ1) is 28.5. The normalized spacial score (nSPS) is 21.3. The maximum atomic E-state index is 15.7. The van der Waals surface area contributed by atoms with E-state index in [0.29, 0.717) is 48.7 Å². The molecule has 0 bridgehead atoms. The van der Waals surface area contributed by atoms with Crippen molar-refractivity contribution in [1.82, 2.24) is 34.4 Å². The van der Waals surface area contributed by atoms with E-state index in [2.05, 4.69) is 50.8 Å². The highest BCUT2D eigenvalue weighted by Crippen LogP contribution is 2.42. The molecule has 0 unspecified atom stereocenters. The first-order valence-corrected chi connectivity index (χ1v) is 14.2. The van der Waals surface area contributed by atoms with E-state index in [0.717, 1.165) is 25.2 Å². The van der Waals surface area contributed by atoms with Gasteiger partial charge in [-0.2, -0.15) is 13.2 Å². The predicted octanol–water partition coefficient (Wildman–Crippen LogP) is 4.56. The minimum absolute atomic E-state index is 0.0436. The minimum Gasteiger partial charge on any atom is -0.369 e. The second-order valence-electron chi connectivity index (χ2n) is 11.8. The summed E-state index contributed by atoms with van der Waals surface area (Å²) < 4.78 is 60.6. The lowest BCUT2D eigenvalue weighted by Crippen LogP contribution is -2.55. The minimum atomic E-state index is -4.74. The predicted molar refractivity (Wildman–Crippen MR) is 154 cm³/mol. The largest absolute Gasteiger partial charge is 0.418 e. The lowest BCUT2D eigenvalue weighted by Gasteiger charge is -2.42. The Balaban J connectivity index is 1.43. The summed E-state index contributed by atoms with van der Waals surface area (Å²) in [7, 11) is 5.99.